The van der Waals surface area contributed by atoms with Crippen molar-refractivity contribution in [3.63, 3.8) is 0 Å². The molecule has 0 amide bonds. The van der Waals surface area contributed by atoms with Gasteiger partial charge in [-0.05, 0) is 31.5 Å². The molecule has 0 aliphatic rings. The molecule has 0 radical (unpaired) electrons. The van der Waals surface area contributed by atoms with Gasteiger partial charge in [-0.15, -0.1) is 11.3 Å². The number of halogens is 2. The molecule has 0 bridgehead atoms. The average Bonchev–Trinajstić information content (AvgIpc) is 2.59. The molecular weight excluding hydrogens is 360 g/mol. The maximum absolute atomic E-state index is 14.1. The Morgan fingerprint density at radius 1 is 1.17 bits per heavy atom. The third-order valence-corrected chi connectivity index (χ3v) is 4.83. The number of benzene rings is 1. The molecule has 0 aliphatic carbocycles. The lowest BCUT2D eigenvalue weighted by molar-refractivity contribution is 0.584. The fraction of sp³-hybridized carbons (Fsp3) is 0.500. The molecule has 0 aliphatic heterocycles. The highest BCUT2D eigenvalue weighted by atomic mass is 127. The van der Waals surface area contributed by atoms with Gasteiger partial charge in [-0.25, -0.2) is 9.37 Å². The summed E-state index contributed by atoms with van der Waals surface area (Å²) in [6.45, 7) is 10.5. The van der Waals surface area contributed by atoms with Gasteiger partial charge in [-0.1, -0.05) is 43.4 Å². The van der Waals surface area contributed by atoms with Crippen molar-refractivity contribution in [2.75, 3.05) is 0 Å². The van der Waals surface area contributed by atoms with Crippen LogP contribution < -0.4 is 0 Å². The van der Waals surface area contributed by atoms with Gasteiger partial charge in [-0.3, -0.25) is 0 Å². The van der Waals surface area contributed by atoms with Gasteiger partial charge in [0.1, 0.15) is 5.52 Å². The summed E-state index contributed by atoms with van der Waals surface area (Å²) in [7, 11) is 0. The molecule has 0 saturated carbocycles. The third kappa shape index (κ3) is 2.69. The van der Waals surface area contributed by atoms with Crippen molar-refractivity contribution in [1.82, 2.24) is 4.98 Å². The fourth-order valence-corrected chi connectivity index (χ4v) is 3.04. The molecule has 0 N–H and O–H groups in total. The number of alkyl halides is 1. The van der Waals surface area contributed by atoms with Crippen LogP contribution in [0.4, 0.5) is 4.39 Å². The maximum atomic E-state index is 14.1. The van der Waals surface area contributed by atoms with Crippen molar-refractivity contribution in [3.05, 3.63) is 28.5 Å². The van der Waals surface area contributed by atoms with Crippen LogP contribution >= 0.6 is 33.9 Å². The Kier molecular flexibility index (Phi) is 3.47. The van der Waals surface area contributed by atoms with E-state index in [9.17, 15) is 4.39 Å². The molecule has 0 spiro atoms. The van der Waals surface area contributed by atoms with Crippen LogP contribution in [0, 0.1) is 5.82 Å². The first-order chi connectivity index (χ1) is 8.09. The Balaban J connectivity index is 2.67. The van der Waals surface area contributed by atoms with E-state index in [0.29, 0.717) is 5.52 Å². The largest absolute Gasteiger partial charge is 0.238 e. The quantitative estimate of drug-likeness (QED) is 0.479. The van der Waals surface area contributed by atoms with Crippen LogP contribution in [0.25, 0.3) is 10.2 Å². The zero-order valence-corrected chi connectivity index (χ0v) is 14.2. The minimum atomic E-state index is -0.209. The summed E-state index contributed by atoms with van der Waals surface area (Å²) in [5.41, 5.74) is 1.49. The number of nitrogens with zero attached hydrogens (tertiary/aromatic N) is 1. The lowest BCUT2D eigenvalue weighted by Gasteiger charge is -2.16. The van der Waals surface area contributed by atoms with Crippen LogP contribution in [0.1, 0.15) is 45.2 Å². The smallest absolute Gasteiger partial charge is 0.150 e. The SMILES string of the molecule is CC(C)(C)c1nc2c(F)cc(C(C)(C)I)cc2s1. The summed E-state index contributed by atoms with van der Waals surface area (Å²) in [6.07, 6.45) is 0. The minimum Gasteiger partial charge on any atom is -0.238 e. The van der Waals surface area contributed by atoms with Gasteiger partial charge >= 0.3 is 0 Å². The first-order valence-electron chi connectivity index (χ1n) is 5.89. The van der Waals surface area contributed by atoms with Crippen LogP contribution in [-0.4, -0.2) is 4.98 Å². The molecule has 0 saturated heterocycles. The summed E-state index contributed by atoms with van der Waals surface area (Å²) in [6, 6.07) is 3.68. The minimum absolute atomic E-state index is 0.0316. The number of rotatable bonds is 1. The second-order valence-corrected chi connectivity index (χ2v) is 9.77. The Morgan fingerprint density at radius 2 is 1.78 bits per heavy atom. The fourth-order valence-electron chi connectivity index (χ4n) is 1.65. The summed E-state index contributed by atoms with van der Waals surface area (Å²) in [5.74, 6) is -0.209. The lowest BCUT2D eigenvalue weighted by atomic mass is 9.98. The zero-order chi connectivity index (χ0) is 13.7. The summed E-state index contributed by atoms with van der Waals surface area (Å²) < 4.78 is 15.0. The molecule has 1 aromatic carbocycles. The van der Waals surface area contributed by atoms with Gasteiger partial charge in [0.2, 0.25) is 0 Å². The van der Waals surface area contributed by atoms with E-state index in [1.807, 2.05) is 0 Å². The Hall–Kier alpha value is -0.230. The molecule has 4 heteroatoms. The second kappa shape index (κ2) is 4.40. The molecular formula is C14H17FINS. The van der Waals surface area contributed by atoms with Gasteiger partial charge in [0.05, 0.1) is 9.71 Å². The molecule has 0 fully saturated rings. The zero-order valence-electron chi connectivity index (χ0n) is 11.3. The monoisotopic (exact) mass is 377 g/mol. The van der Waals surface area contributed by atoms with Gasteiger partial charge in [0, 0.05) is 8.84 Å². The molecule has 1 aromatic heterocycles. The predicted octanol–water partition coefficient (Wildman–Crippen LogP) is 5.40. The topological polar surface area (TPSA) is 12.9 Å². The van der Waals surface area contributed by atoms with Crippen molar-refractivity contribution >= 4 is 44.1 Å². The van der Waals surface area contributed by atoms with E-state index >= 15 is 0 Å². The molecule has 0 atom stereocenters. The highest BCUT2D eigenvalue weighted by molar-refractivity contribution is 14.1. The van der Waals surface area contributed by atoms with Gasteiger partial charge in [0.25, 0.3) is 0 Å². The van der Waals surface area contributed by atoms with Crippen LogP contribution in [0.2, 0.25) is 0 Å². The summed E-state index contributed by atoms with van der Waals surface area (Å²) in [4.78, 5) is 4.45. The molecule has 0 unspecified atom stereocenters. The van der Waals surface area contributed by atoms with Crippen molar-refractivity contribution in [1.29, 1.82) is 0 Å². The van der Waals surface area contributed by atoms with Crippen molar-refractivity contribution in [2.45, 2.75) is 43.5 Å². The maximum Gasteiger partial charge on any atom is 0.150 e. The summed E-state index contributed by atoms with van der Waals surface area (Å²) >= 11 is 3.93. The van der Waals surface area contributed by atoms with Crippen molar-refractivity contribution in [3.8, 4) is 0 Å². The third-order valence-electron chi connectivity index (χ3n) is 2.78. The molecule has 1 heterocycles. The number of hydrogen-bond donors (Lipinski definition) is 0. The van der Waals surface area contributed by atoms with E-state index in [1.54, 1.807) is 17.4 Å². The Labute approximate surface area is 125 Å². The standard InChI is InChI=1S/C14H17FINS/c1-13(2,3)12-17-11-9(15)6-8(14(4,5)16)7-10(11)18-12/h6-7H,1-5H3. The van der Waals surface area contributed by atoms with Gasteiger partial charge < -0.3 is 0 Å². The van der Waals surface area contributed by atoms with Crippen molar-refractivity contribution < 1.29 is 4.39 Å². The van der Waals surface area contributed by atoms with E-state index in [2.05, 4.69) is 68.3 Å². The van der Waals surface area contributed by atoms with Crippen LogP contribution in [0.3, 0.4) is 0 Å². The number of thiazole rings is 1. The lowest BCUT2D eigenvalue weighted by Crippen LogP contribution is -2.10. The summed E-state index contributed by atoms with van der Waals surface area (Å²) in [5, 5.41) is 0.986. The average molecular weight is 377 g/mol. The molecule has 2 aromatic rings. The number of hydrogen-bond acceptors (Lipinski definition) is 2. The van der Waals surface area contributed by atoms with Crippen LogP contribution in [0.5, 0.6) is 0 Å². The van der Waals surface area contributed by atoms with E-state index in [1.165, 1.54) is 0 Å². The predicted molar refractivity (Wildman–Crippen MR) is 85.3 cm³/mol. The van der Waals surface area contributed by atoms with Gasteiger partial charge in [0.15, 0.2) is 5.82 Å². The van der Waals surface area contributed by atoms with Crippen molar-refractivity contribution in [2.24, 2.45) is 0 Å². The van der Waals surface area contributed by atoms with E-state index in [-0.39, 0.29) is 14.7 Å². The normalized spacial score (nSPS) is 13.3. The first-order valence-corrected chi connectivity index (χ1v) is 7.78. The highest BCUT2D eigenvalue weighted by Crippen LogP contribution is 2.37. The number of fused-ring (bicyclic) bond motifs is 1. The molecule has 1 nitrogen and oxygen atoms in total. The molecule has 2 rings (SSSR count). The van der Waals surface area contributed by atoms with Crippen LogP contribution in [0.15, 0.2) is 12.1 Å². The van der Waals surface area contributed by atoms with Gasteiger partial charge in [-0.2, -0.15) is 0 Å². The Bertz CT molecular complexity index is 590. The number of aromatic nitrogens is 1. The molecule has 18 heavy (non-hydrogen) atoms. The highest BCUT2D eigenvalue weighted by Gasteiger charge is 2.23. The molecule has 98 valence electrons. The first kappa shape index (κ1) is 14.2. The second-order valence-electron chi connectivity index (χ2n) is 6.05. The van der Waals surface area contributed by atoms with E-state index in [4.69, 9.17) is 0 Å². The van der Waals surface area contributed by atoms with E-state index in [0.717, 1.165) is 15.3 Å². The van der Waals surface area contributed by atoms with E-state index < -0.39 is 0 Å². The van der Waals surface area contributed by atoms with Crippen LogP contribution in [-0.2, 0) is 8.84 Å². The Morgan fingerprint density at radius 3 is 2.28 bits per heavy atom.